The Bertz CT molecular complexity index is 558. The number of rotatable bonds is 3. The molecule has 0 atom stereocenters. The van der Waals surface area contributed by atoms with Crippen LogP contribution in [0.25, 0.3) is 0 Å². The molecular weight excluding hydrogens is 356 g/mol. The Balaban J connectivity index is 1.40. The Morgan fingerprint density at radius 3 is 1.89 bits per heavy atom. The number of hydrogen-bond donors (Lipinski definition) is 1. The molecular formula is C21H36N4O3. The molecule has 3 fully saturated rings. The molecule has 2 heterocycles. The van der Waals surface area contributed by atoms with Crippen molar-refractivity contribution in [2.75, 3.05) is 39.3 Å². The van der Waals surface area contributed by atoms with Crippen LogP contribution in [0.2, 0.25) is 0 Å². The minimum atomic E-state index is 0.0128. The lowest BCUT2D eigenvalue weighted by molar-refractivity contribution is -0.142. The molecule has 3 rings (SSSR count). The molecule has 0 unspecified atom stereocenters. The highest BCUT2D eigenvalue weighted by Gasteiger charge is 2.33. The number of piperazine rings is 1. The van der Waals surface area contributed by atoms with Gasteiger partial charge in [-0.1, -0.05) is 33.1 Å². The third-order valence-electron chi connectivity index (χ3n) is 6.46. The van der Waals surface area contributed by atoms with Crippen LogP contribution in [0.4, 0.5) is 4.79 Å². The Morgan fingerprint density at radius 2 is 1.32 bits per heavy atom. The number of nitrogens with one attached hydrogen (secondary N) is 1. The molecule has 0 bridgehead atoms. The summed E-state index contributed by atoms with van der Waals surface area (Å²) in [5, 5.41) is 3.17. The van der Waals surface area contributed by atoms with E-state index in [0.29, 0.717) is 45.3 Å². The number of hydrogen-bond acceptors (Lipinski definition) is 3. The first-order valence-corrected chi connectivity index (χ1v) is 11.1. The number of nitrogens with zero attached hydrogens (tertiary/aromatic N) is 3. The number of piperidine rings is 1. The fourth-order valence-electron chi connectivity index (χ4n) is 4.61. The molecule has 4 amide bonds. The summed E-state index contributed by atoms with van der Waals surface area (Å²) in [5.74, 6) is 0.409. The van der Waals surface area contributed by atoms with E-state index in [-0.39, 0.29) is 29.7 Å². The zero-order valence-electron chi connectivity index (χ0n) is 17.5. The third-order valence-corrected chi connectivity index (χ3v) is 6.46. The highest BCUT2D eigenvalue weighted by Crippen LogP contribution is 2.22. The zero-order chi connectivity index (χ0) is 20.1. The molecule has 1 N–H and O–H groups in total. The monoisotopic (exact) mass is 392 g/mol. The predicted molar refractivity (Wildman–Crippen MR) is 108 cm³/mol. The normalized spacial score (nSPS) is 22.5. The van der Waals surface area contributed by atoms with Crippen LogP contribution in [0, 0.1) is 11.8 Å². The number of amides is 4. The van der Waals surface area contributed by atoms with Crippen molar-refractivity contribution in [3.05, 3.63) is 0 Å². The topological polar surface area (TPSA) is 73.0 Å². The maximum absolute atomic E-state index is 12.9. The van der Waals surface area contributed by atoms with E-state index < -0.39 is 0 Å². The number of urea groups is 1. The largest absolute Gasteiger partial charge is 0.342 e. The van der Waals surface area contributed by atoms with Gasteiger partial charge in [-0.05, 0) is 25.7 Å². The number of carbonyl (C=O) groups excluding carboxylic acids is 3. The molecule has 1 saturated carbocycles. The van der Waals surface area contributed by atoms with E-state index in [1.54, 1.807) is 0 Å². The van der Waals surface area contributed by atoms with Crippen molar-refractivity contribution in [3.8, 4) is 0 Å². The van der Waals surface area contributed by atoms with Crippen molar-refractivity contribution in [2.24, 2.45) is 11.8 Å². The Hall–Kier alpha value is -1.79. The van der Waals surface area contributed by atoms with Crippen LogP contribution in [-0.2, 0) is 9.59 Å². The standard InChI is InChI=1S/C21H36N4O3/c1-16(2)19(26)23-10-8-17(9-11-23)20(27)24-12-14-25(15-13-24)21(28)22-18-6-4-3-5-7-18/h16-18H,3-15H2,1-2H3,(H,22,28). The molecule has 2 saturated heterocycles. The Labute approximate surface area is 168 Å². The summed E-state index contributed by atoms with van der Waals surface area (Å²) in [4.78, 5) is 43.1. The smallest absolute Gasteiger partial charge is 0.317 e. The van der Waals surface area contributed by atoms with E-state index in [1.807, 2.05) is 28.5 Å². The van der Waals surface area contributed by atoms with Crippen molar-refractivity contribution in [2.45, 2.75) is 64.8 Å². The van der Waals surface area contributed by atoms with E-state index in [0.717, 1.165) is 25.7 Å². The second-order valence-corrected chi connectivity index (χ2v) is 8.85. The predicted octanol–water partition coefficient (Wildman–Crippen LogP) is 2.07. The van der Waals surface area contributed by atoms with Gasteiger partial charge in [0.05, 0.1) is 0 Å². The summed E-state index contributed by atoms with van der Waals surface area (Å²) in [6.07, 6.45) is 7.35. The summed E-state index contributed by atoms with van der Waals surface area (Å²) >= 11 is 0. The number of likely N-dealkylation sites (tertiary alicyclic amines) is 1. The average Bonchev–Trinajstić information content (AvgIpc) is 2.73. The van der Waals surface area contributed by atoms with E-state index >= 15 is 0 Å². The molecule has 0 aromatic rings. The van der Waals surface area contributed by atoms with Gasteiger partial charge in [0.15, 0.2) is 0 Å². The molecule has 28 heavy (non-hydrogen) atoms. The van der Waals surface area contributed by atoms with Gasteiger partial charge in [0.25, 0.3) is 0 Å². The van der Waals surface area contributed by atoms with Crippen LogP contribution in [-0.4, -0.2) is 77.9 Å². The molecule has 158 valence electrons. The van der Waals surface area contributed by atoms with Crippen molar-refractivity contribution in [1.82, 2.24) is 20.0 Å². The molecule has 0 aromatic heterocycles. The summed E-state index contributed by atoms with van der Waals surface area (Å²) < 4.78 is 0. The average molecular weight is 393 g/mol. The van der Waals surface area contributed by atoms with Gasteiger partial charge in [0.1, 0.15) is 0 Å². The van der Waals surface area contributed by atoms with Gasteiger partial charge in [0, 0.05) is 57.1 Å². The molecule has 3 aliphatic rings. The first-order chi connectivity index (χ1) is 13.5. The SMILES string of the molecule is CC(C)C(=O)N1CCC(C(=O)N2CCN(C(=O)NC3CCCCC3)CC2)CC1. The highest BCUT2D eigenvalue weighted by molar-refractivity contribution is 5.81. The summed E-state index contributed by atoms with van der Waals surface area (Å²) in [6.45, 7) is 7.63. The summed E-state index contributed by atoms with van der Waals surface area (Å²) in [6, 6.07) is 0.346. The molecule has 7 heteroatoms. The van der Waals surface area contributed by atoms with Gasteiger partial charge in [-0.15, -0.1) is 0 Å². The molecule has 7 nitrogen and oxygen atoms in total. The van der Waals surface area contributed by atoms with Crippen molar-refractivity contribution in [3.63, 3.8) is 0 Å². The first kappa shape index (κ1) is 20.9. The van der Waals surface area contributed by atoms with Crippen LogP contribution in [0.15, 0.2) is 0 Å². The van der Waals surface area contributed by atoms with Crippen LogP contribution in [0.1, 0.15) is 58.8 Å². The van der Waals surface area contributed by atoms with Crippen LogP contribution in [0.3, 0.4) is 0 Å². The maximum Gasteiger partial charge on any atom is 0.317 e. The highest BCUT2D eigenvalue weighted by atomic mass is 16.2. The lowest BCUT2D eigenvalue weighted by Gasteiger charge is -2.39. The summed E-state index contributed by atoms with van der Waals surface area (Å²) in [7, 11) is 0. The van der Waals surface area contributed by atoms with Gasteiger partial charge in [0.2, 0.25) is 11.8 Å². The van der Waals surface area contributed by atoms with Gasteiger partial charge in [-0.25, -0.2) is 4.79 Å². The minimum absolute atomic E-state index is 0.0128. The van der Waals surface area contributed by atoms with E-state index in [2.05, 4.69) is 5.32 Å². The molecule has 0 aromatic carbocycles. The summed E-state index contributed by atoms with van der Waals surface area (Å²) in [5.41, 5.74) is 0. The third kappa shape index (κ3) is 5.17. The minimum Gasteiger partial charge on any atom is -0.342 e. The molecule has 0 spiro atoms. The molecule has 0 radical (unpaired) electrons. The van der Waals surface area contributed by atoms with Gasteiger partial charge in [-0.2, -0.15) is 0 Å². The quantitative estimate of drug-likeness (QED) is 0.799. The van der Waals surface area contributed by atoms with Crippen LogP contribution in [0.5, 0.6) is 0 Å². The van der Waals surface area contributed by atoms with E-state index in [9.17, 15) is 14.4 Å². The lowest BCUT2D eigenvalue weighted by atomic mass is 9.94. The van der Waals surface area contributed by atoms with Crippen LogP contribution < -0.4 is 5.32 Å². The van der Waals surface area contributed by atoms with Gasteiger partial charge >= 0.3 is 6.03 Å². The second-order valence-electron chi connectivity index (χ2n) is 8.85. The molecule has 1 aliphatic carbocycles. The van der Waals surface area contributed by atoms with Crippen LogP contribution >= 0.6 is 0 Å². The first-order valence-electron chi connectivity index (χ1n) is 11.1. The lowest BCUT2D eigenvalue weighted by Crippen LogP contribution is -2.56. The zero-order valence-corrected chi connectivity index (χ0v) is 17.5. The molecule has 2 aliphatic heterocycles. The van der Waals surface area contributed by atoms with Gasteiger partial charge in [-0.3, -0.25) is 9.59 Å². The Morgan fingerprint density at radius 1 is 0.750 bits per heavy atom. The van der Waals surface area contributed by atoms with E-state index in [4.69, 9.17) is 0 Å². The van der Waals surface area contributed by atoms with Crippen molar-refractivity contribution in [1.29, 1.82) is 0 Å². The van der Waals surface area contributed by atoms with Crippen molar-refractivity contribution < 1.29 is 14.4 Å². The fourth-order valence-corrected chi connectivity index (χ4v) is 4.61. The maximum atomic E-state index is 12.9. The van der Waals surface area contributed by atoms with Gasteiger partial charge < -0.3 is 20.0 Å². The van der Waals surface area contributed by atoms with E-state index in [1.165, 1.54) is 19.3 Å². The second kappa shape index (κ2) is 9.61. The number of carbonyl (C=O) groups is 3. The fraction of sp³-hybridized carbons (Fsp3) is 0.857. The Kier molecular flexibility index (Phi) is 7.18. The van der Waals surface area contributed by atoms with Crippen molar-refractivity contribution >= 4 is 17.8 Å².